The van der Waals surface area contributed by atoms with E-state index in [-0.39, 0.29) is 24.8 Å². The largest absolute Gasteiger partial charge is 0.349 e. The average molecular weight is 279 g/mol. The number of carbonyl (C=O) groups is 2. The molecule has 1 unspecified atom stereocenters. The number of benzene rings is 1. The lowest BCUT2D eigenvalue weighted by Crippen LogP contribution is -2.51. The van der Waals surface area contributed by atoms with Crippen molar-refractivity contribution in [2.45, 2.75) is 31.7 Å². The minimum Gasteiger partial charge on any atom is -0.349 e. The third-order valence-electron chi connectivity index (χ3n) is 3.34. The first kappa shape index (κ1) is 14.5. The van der Waals surface area contributed by atoms with Crippen LogP contribution in [-0.4, -0.2) is 23.9 Å². The number of amides is 2. The predicted octanol–water partition coefficient (Wildman–Crippen LogP) is 1.10. The topological polar surface area (TPSA) is 84.2 Å². The molecule has 1 heterocycles. The van der Waals surface area contributed by atoms with Gasteiger partial charge in [-0.3, -0.25) is 9.59 Å². The van der Waals surface area contributed by atoms with Crippen LogP contribution in [0.25, 0.3) is 0 Å². The zero-order chi connectivity index (χ0) is 14.9. The molecule has 20 heavy (non-hydrogen) atoms. The monoisotopic (exact) mass is 279 g/mol. The standard InChI is InChI=1S/C14H18FN3O2/c1-14(2,7-16)18-13(20)10-6-12(19)17-11-5-8(15)3-4-9(10)11/h3-5,10H,6-7,16H2,1-2H3,(H,17,19)(H,18,20). The molecule has 0 saturated carbocycles. The zero-order valence-electron chi connectivity index (χ0n) is 11.5. The van der Waals surface area contributed by atoms with Crippen molar-refractivity contribution in [3.63, 3.8) is 0 Å². The SMILES string of the molecule is CC(C)(CN)NC(=O)C1CC(=O)Nc2cc(F)ccc21. The third kappa shape index (κ3) is 2.96. The molecule has 5 nitrogen and oxygen atoms in total. The number of nitrogens with one attached hydrogen (secondary N) is 2. The summed E-state index contributed by atoms with van der Waals surface area (Å²) >= 11 is 0. The minimum atomic E-state index is -0.620. The molecule has 0 fully saturated rings. The van der Waals surface area contributed by atoms with E-state index in [1.54, 1.807) is 13.8 Å². The van der Waals surface area contributed by atoms with Crippen LogP contribution in [0.1, 0.15) is 31.7 Å². The van der Waals surface area contributed by atoms with Gasteiger partial charge in [0.25, 0.3) is 0 Å². The molecular formula is C14H18FN3O2. The van der Waals surface area contributed by atoms with Crippen LogP contribution in [-0.2, 0) is 9.59 Å². The molecule has 2 amide bonds. The molecule has 1 aliphatic heterocycles. The normalized spacial score (nSPS) is 18.2. The van der Waals surface area contributed by atoms with Gasteiger partial charge in [0, 0.05) is 24.2 Å². The molecule has 0 radical (unpaired) electrons. The van der Waals surface area contributed by atoms with Gasteiger partial charge in [-0.15, -0.1) is 0 Å². The van der Waals surface area contributed by atoms with Crippen molar-refractivity contribution in [2.75, 3.05) is 11.9 Å². The van der Waals surface area contributed by atoms with Crippen LogP contribution in [0.5, 0.6) is 0 Å². The van der Waals surface area contributed by atoms with E-state index < -0.39 is 17.3 Å². The highest BCUT2D eigenvalue weighted by Gasteiger charge is 2.33. The molecule has 6 heteroatoms. The number of fused-ring (bicyclic) bond motifs is 1. The smallest absolute Gasteiger partial charge is 0.228 e. The fraction of sp³-hybridized carbons (Fsp3) is 0.429. The molecule has 0 bridgehead atoms. The van der Waals surface area contributed by atoms with Crippen LogP contribution in [0, 0.1) is 5.82 Å². The summed E-state index contributed by atoms with van der Waals surface area (Å²) in [6, 6.07) is 4.04. The van der Waals surface area contributed by atoms with E-state index in [0.29, 0.717) is 11.3 Å². The lowest BCUT2D eigenvalue weighted by Gasteiger charge is -2.30. The van der Waals surface area contributed by atoms with Gasteiger partial charge >= 0.3 is 0 Å². The zero-order valence-corrected chi connectivity index (χ0v) is 11.5. The second kappa shape index (κ2) is 5.20. The maximum absolute atomic E-state index is 13.2. The van der Waals surface area contributed by atoms with Crippen molar-refractivity contribution in [3.05, 3.63) is 29.6 Å². The Morgan fingerprint density at radius 1 is 1.55 bits per heavy atom. The molecule has 0 aliphatic carbocycles. The molecule has 1 aliphatic rings. The van der Waals surface area contributed by atoms with E-state index in [2.05, 4.69) is 10.6 Å². The van der Waals surface area contributed by atoms with Crippen LogP contribution in [0.2, 0.25) is 0 Å². The van der Waals surface area contributed by atoms with E-state index in [0.717, 1.165) is 0 Å². The van der Waals surface area contributed by atoms with Gasteiger partial charge in [0.05, 0.1) is 5.92 Å². The highest BCUT2D eigenvalue weighted by atomic mass is 19.1. The molecule has 0 saturated heterocycles. The van der Waals surface area contributed by atoms with E-state index in [9.17, 15) is 14.0 Å². The Morgan fingerprint density at radius 2 is 2.25 bits per heavy atom. The van der Waals surface area contributed by atoms with Crippen LogP contribution in [0.3, 0.4) is 0 Å². The van der Waals surface area contributed by atoms with Crippen LogP contribution in [0.4, 0.5) is 10.1 Å². The number of carbonyl (C=O) groups excluding carboxylic acids is 2. The van der Waals surface area contributed by atoms with Gasteiger partial charge in [0.15, 0.2) is 0 Å². The Morgan fingerprint density at radius 3 is 2.90 bits per heavy atom. The summed E-state index contributed by atoms with van der Waals surface area (Å²) in [7, 11) is 0. The number of anilines is 1. The van der Waals surface area contributed by atoms with Crippen molar-refractivity contribution >= 4 is 17.5 Å². The number of nitrogens with two attached hydrogens (primary N) is 1. The van der Waals surface area contributed by atoms with Crippen LogP contribution < -0.4 is 16.4 Å². The summed E-state index contributed by atoms with van der Waals surface area (Å²) < 4.78 is 13.2. The lowest BCUT2D eigenvalue weighted by atomic mass is 9.89. The number of hydrogen-bond donors (Lipinski definition) is 3. The first-order valence-electron chi connectivity index (χ1n) is 6.44. The van der Waals surface area contributed by atoms with E-state index in [1.165, 1.54) is 18.2 Å². The maximum Gasteiger partial charge on any atom is 0.228 e. The van der Waals surface area contributed by atoms with Gasteiger partial charge in [0.2, 0.25) is 11.8 Å². The van der Waals surface area contributed by atoms with Gasteiger partial charge < -0.3 is 16.4 Å². The first-order valence-corrected chi connectivity index (χ1v) is 6.44. The summed E-state index contributed by atoms with van der Waals surface area (Å²) in [4.78, 5) is 24.0. The number of halogens is 1. The Kier molecular flexibility index (Phi) is 3.76. The van der Waals surface area contributed by atoms with Gasteiger partial charge in [-0.25, -0.2) is 4.39 Å². The number of hydrogen-bond acceptors (Lipinski definition) is 3. The second-order valence-electron chi connectivity index (χ2n) is 5.61. The lowest BCUT2D eigenvalue weighted by molar-refractivity contribution is -0.127. The van der Waals surface area contributed by atoms with Crippen molar-refractivity contribution in [1.29, 1.82) is 0 Å². The van der Waals surface area contributed by atoms with E-state index in [4.69, 9.17) is 5.73 Å². The van der Waals surface area contributed by atoms with Gasteiger partial charge in [-0.2, -0.15) is 0 Å². The van der Waals surface area contributed by atoms with Crippen molar-refractivity contribution in [3.8, 4) is 0 Å². The molecule has 1 atom stereocenters. The Balaban J connectivity index is 2.29. The van der Waals surface area contributed by atoms with Gasteiger partial charge in [0.1, 0.15) is 5.82 Å². The Labute approximate surface area is 116 Å². The third-order valence-corrected chi connectivity index (χ3v) is 3.34. The highest BCUT2D eigenvalue weighted by Crippen LogP contribution is 2.33. The molecule has 0 aromatic heterocycles. The first-order chi connectivity index (χ1) is 9.32. The molecule has 0 spiro atoms. The summed E-state index contributed by atoms with van der Waals surface area (Å²) in [5.74, 6) is -1.64. The summed E-state index contributed by atoms with van der Waals surface area (Å²) in [5.41, 5.74) is 6.01. The highest BCUT2D eigenvalue weighted by molar-refractivity contribution is 6.01. The second-order valence-corrected chi connectivity index (χ2v) is 5.61. The van der Waals surface area contributed by atoms with Crippen molar-refractivity contribution in [2.24, 2.45) is 5.73 Å². The summed E-state index contributed by atoms with van der Waals surface area (Å²) in [5, 5.41) is 5.39. The molecule has 1 aromatic rings. The van der Waals surface area contributed by atoms with Gasteiger partial charge in [-0.1, -0.05) is 6.07 Å². The molecule has 108 valence electrons. The molecule has 4 N–H and O–H groups in total. The Hall–Kier alpha value is -1.95. The van der Waals surface area contributed by atoms with E-state index >= 15 is 0 Å². The van der Waals surface area contributed by atoms with Gasteiger partial charge in [-0.05, 0) is 31.5 Å². The number of rotatable bonds is 3. The molecule has 2 rings (SSSR count). The van der Waals surface area contributed by atoms with Crippen molar-refractivity contribution < 1.29 is 14.0 Å². The minimum absolute atomic E-state index is 0.0467. The quantitative estimate of drug-likeness (QED) is 0.774. The van der Waals surface area contributed by atoms with Crippen molar-refractivity contribution in [1.82, 2.24) is 5.32 Å². The maximum atomic E-state index is 13.2. The fourth-order valence-corrected chi connectivity index (χ4v) is 2.14. The molecule has 1 aromatic carbocycles. The van der Waals surface area contributed by atoms with E-state index in [1.807, 2.05) is 0 Å². The van der Waals surface area contributed by atoms with Crippen LogP contribution in [0.15, 0.2) is 18.2 Å². The fourth-order valence-electron chi connectivity index (χ4n) is 2.14. The summed E-state index contributed by atoms with van der Waals surface area (Å²) in [6.45, 7) is 3.90. The Bertz CT molecular complexity index is 557. The predicted molar refractivity (Wildman–Crippen MR) is 73.7 cm³/mol. The molecular weight excluding hydrogens is 261 g/mol. The summed E-state index contributed by atoms with van der Waals surface area (Å²) in [6.07, 6.45) is 0.0467. The average Bonchev–Trinajstić information content (AvgIpc) is 2.36. The van der Waals surface area contributed by atoms with Crippen LogP contribution >= 0.6 is 0 Å².